The topological polar surface area (TPSA) is 50.7 Å². The molecular weight excluding hydrogens is 182 g/mol. The Morgan fingerprint density at radius 1 is 1.36 bits per heavy atom. The van der Waals surface area contributed by atoms with Gasteiger partial charge < -0.3 is 14.6 Å². The molecule has 0 saturated heterocycles. The van der Waals surface area contributed by atoms with E-state index >= 15 is 0 Å². The molecule has 4 nitrogen and oxygen atoms in total. The molecule has 2 N–H and O–H groups in total. The largest absolute Gasteiger partial charge is 0.394 e. The second-order valence-electron chi connectivity index (χ2n) is 4.14. The fourth-order valence-corrected chi connectivity index (χ4v) is 1.07. The summed E-state index contributed by atoms with van der Waals surface area (Å²) in [5, 5.41) is 11.8. The molecule has 0 amide bonds. The highest BCUT2D eigenvalue weighted by molar-refractivity contribution is 4.72. The molecule has 0 aromatic heterocycles. The van der Waals surface area contributed by atoms with Gasteiger partial charge in [-0.05, 0) is 27.7 Å². The Kier molecular flexibility index (Phi) is 7.09. The number of nitrogens with one attached hydrogen (secondary N) is 1. The molecule has 0 aliphatic heterocycles. The number of ether oxygens (including phenoxy) is 2. The van der Waals surface area contributed by atoms with E-state index in [1.165, 1.54) is 0 Å². The van der Waals surface area contributed by atoms with E-state index in [0.717, 1.165) is 0 Å². The normalized spacial score (nSPS) is 14.4. The summed E-state index contributed by atoms with van der Waals surface area (Å²) >= 11 is 0. The number of aliphatic hydroxyl groups is 1. The molecule has 4 heteroatoms. The molecule has 0 aromatic rings. The first-order chi connectivity index (χ1) is 6.49. The van der Waals surface area contributed by atoms with Crippen LogP contribution in [0.5, 0.6) is 0 Å². The molecule has 0 spiro atoms. The summed E-state index contributed by atoms with van der Waals surface area (Å²) in [7, 11) is 0. The second-order valence-corrected chi connectivity index (χ2v) is 4.14. The molecule has 0 aromatic carbocycles. The molecule has 0 radical (unpaired) electrons. The van der Waals surface area contributed by atoms with E-state index < -0.39 is 0 Å². The Bertz CT molecular complexity index is 134. The third-order valence-corrected chi connectivity index (χ3v) is 1.47. The van der Waals surface area contributed by atoms with Gasteiger partial charge >= 0.3 is 0 Å². The van der Waals surface area contributed by atoms with Crippen molar-refractivity contribution in [1.82, 2.24) is 5.32 Å². The molecule has 14 heavy (non-hydrogen) atoms. The smallest absolute Gasteiger partial charge is 0.132 e. The van der Waals surface area contributed by atoms with Crippen molar-refractivity contribution in [2.45, 2.75) is 39.5 Å². The molecule has 0 fully saturated rings. The van der Waals surface area contributed by atoms with Crippen LogP contribution in [-0.4, -0.2) is 43.3 Å². The van der Waals surface area contributed by atoms with Crippen molar-refractivity contribution in [2.24, 2.45) is 0 Å². The highest BCUT2D eigenvalue weighted by Gasteiger charge is 2.17. The summed E-state index contributed by atoms with van der Waals surface area (Å²) in [5.41, 5.74) is 0.00239. The van der Waals surface area contributed by atoms with Gasteiger partial charge in [-0.15, -0.1) is 0 Å². The summed E-state index contributed by atoms with van der Waals surface area (Å²) in [6.07, 6.45) is -0.105. The first kappa shape index (κ1) is 13.8. The van der Waals surface area contributed by atoms with E-state index in [2.05, 4.69) is 26.1 Å². The Balaban J connectivity index is 3.77. The van der Waals surface area contributed by atoms with Crippen LogP contribution in [-0.2, 0) is 9.47 Å². The first-order valence-corrected chi connectivity index (χ1v) is 5.07. The zero-order valence-corrected chi connectivity index (χ0v) is 9.67. The van der Waals surface area contributed by atoms with E-state index in [1.807, 2.05) is 6.92 Å². The van der Waals surface area contributed by atoms with Crippen LogP contribution in [0.3, 0.4) is 0 Å². The lowest BCUT2D eigenvalue weighted by atomic mass is 10.1. The molecule has 0 aliphatic carbocycles. The third kappa shape index (κ3) is 8.44. The van der Waals surface area contributed by atoms with Gasteiger partial charge in [-0.1, -0.05) is 0 Å². The SMILES string of the molecule is CCOC(COCCO)NC(C)(C)C. The van der Waals surface area contributed by atoms with Crippen molar-refractivity contribution in [3.63, 3.8) is 0 Å². The second kappa shape index (κ2) is 7.17. The Morgan fingerprint density at radius 2 is 2.00 bits per heavy atom. The monoisotopic (exact) mass is 205 g/mol. The minimum absolute atomic E-state index is 0.00239. The van der Waals surface area contributed by atoms with Crippen molar-refractivity contribution in [3.8, 4) is 0 Å². The quantitative estimate of drug-likeness (QED) is 0.475. The molecule has 86 valence electrons. The Morgan fingerprint density at radius 3 is 2.43 bits per heavy atom. The van der Waals surface area contributed by atoms with Gasteiger partial charge in [-0.3, -0.25) is 5.32 Å². The van der Waals surface area contributed by atoms with Crippen molar-refractivity contribution >= 4 is 0 Å². The van der Waals surface area contributed by atoms with E-state index in [4.69, 9.17) is 14.6 Å². The molecule has 0 rings (SSSR count). The molecular formula is C10H23NO3. The average Bonchev–Trinajstić information content (AvgIpc) is 2.02. The Hall–Kier alpha value is -0.160. The predicted octanol–water partition coefficient (Wildman–Crippen LogP) is 0.746. The van der Waals surface area contributed by atoms with Gasteiger partial charge in [0.15, 0.2) is 0 Å². The lowest BCUT2D eigenvalue weighted by molar-refractivity contribution is -0.0461. The number of hydrogen-bond donors (Lipinski definition) is 2. The average molecular weight is 205 g/mol. The summed E-state index contributed by atoms with van der Waals surface area (Å²) in [6.45, 7) is 9.69. The third-order valence-electron chi connectivity index (χ3n) is 1.47. The molecule has 0 bridgehead atoms. The molecule has 1 unspecified atom stereocenters. The lowest BCUT2D eigenvalue weighted by Gasteiger charge is -2.28. The van der Waals surface area contributed by atoms with Crippen LogP contribution in [0, 0.1) is 0 Å². The van der Waals surface area contributed by atoms with E-state index in [0.29, 0.717) is 19.8 Å². The minimum Gasteiger partial charge on any atom is -0.394 e. The Labute approximate surface area is 86.6 Å². The first-order valence-electron chi connectivity index (χ1n) is 5.07. The van der Waals surface area contributed by atoms with Crippen molar-refractivity contribution in [2.75, 3.05) is 26.4 Å². The van der Waals surface area contributed by atoms with Crippen LogP contribution in [0.1, 0.15) is 27.7 Å². The van der Waals surface area contributed by atoms with Crippen LogP contribution >= 0.6 is 0 Å². The van der Waals surface area contributed by atoms with Gasteiger partial charge in [-0.2, -0.15) is 0 Å². The van der Waals surface area contributed by atoms with Crippen LogP contribution < -0.4 is 5.32 Å². The minimum atomic E-state index is -0.105. The summed E-state index contributed by atoms with van der Waals surface area (Å²) in [6, 6.07) is 0. The maximum absolute atomic E-state index is 8.56. The fraction of sp³-hybridized carbons (Fsp3) is 1.00. The predicted molar refractivity (Wildman–Crippen MR) is 56.2 cm³/mol. The summed E-state index contributed by atoms with van der Waals surface area (Å²) in [4.78, 5) is 0. The molecule has 1 atom stereocenters. The summed E-state index contributed by atoms with van der Waals surface area (Å²) in [5.74, 6) is 0. The molecule has 0 saturated carbocycles. The van der Waals surface area contributed by atoms with E-state index in [-0.39, 0.29) is 18.4 Å². The van der Waals surface area contributed by atoms with Gasteiger partial charge in [0, 0.05) is 12.1 Å². The van der Waals surface area contributed by atoms with Crippen molar-refractivity contribution in [1.29, 1.82) is 0 Å². The van der Waals surface area contributed by atoms with E-state index in [1.54, 1.807) is 0 Å². The van der Waals surface area contributed by atoms with Crippen LogP contribution in [0.15, 0.2) is 0 Å². The van der Waals surface area contributed by atoms with Gasteiger partial charge in [0.25, 0.3) is 0 Å². The zero-order valence-electron chi connectivity index (χ0n) is 9.67. The van der Waals surface area contributed by atoms with Gasteiger partial charge in [0.2, 0.25) is 0 Å². The fourth-order valence-electron chi connectivity index (χ4n) is 1.07. The van der Waals surface area contributed by atoms with Crippen LogP contribution in [0.4, 0.5) is 0 Å². The van der Waals surface area contributed by atoms with Gasteiger partial charge in [0.1, 0.15) is 6.23 Å². The van der Waals surface area contributed by atoms with Gasteiger partial charge in [-0.25, -0.2) is 0 Å². The zero-order chi connectivity index (χ0) is 11.0. The summed E-state index contributed by atoms with van der Waals surface area (Å²) < 4.78 is 10.7. The van der Waals surface area contributed by atoms with Crippen LogP contribution in [0.25, 0.3) is 0 Å². The highest BCUT2D eigenvalue weighted by atomic mass is 16.5. The lowest BCUT2D eigenvalue weighted by Crippen LogP contribution is -2.47. The highest BCUT2D eigenvalue weighted by Crippen LogP contribution is 2.02. The van der Waals surface area contributed by atoms with E-state index in [9.17, 15) is 0 Å². The number of rotatable bonds is 7. The molecule has 0 heterocycles. The van der Waals surface area contributed by atoms with Gasteiger partial charge in [0.05, 0.1) is 19.8 Å². The maximum Gasteiger partial charge on any atom is 0.132 e. The van der Waals surface area contributed by atoms with Crippen LogP contribution in [0.2, 0.25) is 0 Å². The number of aliphatic hydroxyl groups excluding tert-OH is 1. The molecule has 0 aliphatic rings. The van der Waals surface area contributed by atoms with Crippen molar-refractivity contribution in [3.05, 3.63) is 0 Å². The van der Waals surface area contributed by atoms with Crippen molar-refractivity contribution < 1.29 is 14.6 Å². The standard InChI is InChI=1S/C10H23NO3/c1-5-14-9(8-13-7-6-12)11-10(2,3)4/h9,11-12H,5-8H2,1-4H3. The number of hydrogen-bond acceptors (Lipinski definition) is 4. The maximum atomic E-state index is 8.56.